The molecule has 1 heterocycles. The number of hydrogen-bond donors (Lipinski definition) is 2. The van der Waals surface area contributed by atoms with Crippen LogP contribution in [-0.2, 0) is 11.2 Å². The number of nitrogens with one attached hydrogen (secondary N) is 2. The Kier molecular flexibility index (Phi) is 4.55. The van der Waals surface area contributed by atoms with Crippen molar-refractivity contribution in [2.24, 2.45) is 0 Å². The van der Waals surface area contributed by atoms with Crippen molar-refractivity contribution >= 4 is 17.5 Å². The number of furan rings is 1. The quantitative estimate of drug-likeness (QED) is 0.876. The number of benzene rings is 1. The summed E-state index contributed by atoms with van der Waals surface area (Å²) in [5, 5.41) is 5.19. The highest BCUT2D eigenvalue weighted by Crippen LogP contribution is 2.09. The van der Waals surface area contributed by atoms with Gasteiger partial charge in [0.15, 0.2) is 5.76 Å². The van der Waals surface area contributed by atoms with E-state index in [1.165, 1.54) is 17.9 Å². The van der Waals surface area contributed by atoms with Crippen molar-refractivity contribution in [2.75, 3.05) is 11.9 Å². The molecule has 0 aliphatic rings. The zero-order valence-electron chi connectivity index (χ0n) is 11.2. The molecule has 2 rings (SSSR count). The number of rotatable bonds is 5. The molecule has 0 fully saturated rings. The smallest absolute Gasteiger partial charge is 0.287 e. The summed E-state index contributed by atoms with van der Waals surface area (Å²) in [6.07, 6.45) is 2.36. The molecule has 0 spiro atoms. The van der Waals surface area contributed by atoms with E-state index >= 15 is 0 Å². The van der Waals surface area contributed by atoms with Gasteiger partial charge < -0.3 is 15.1 Å². The second-order valence-electron chi connectivity index (χ2n) is 4.26. The first-order valence-corrected chi connectivity index (χ1v) is 6.39. The number of amides is 2. The average Bonchev–Trinajstić information content (AvgIpc) is 3.00. The average molecular weight is 272 g/mol. The molecule has 2 amide bonds. The lowest BCUT2D eigenvalue weighted by Gasteiger charge is -2.06. The van der Waals surface area contributed by atoms with Crippen molar-refractivity contribution in [3.63, 3.8) is 0 Å². The third-order valence-corrected chi connectivity index (χ3v) is 2.80. The molecule has 0 saturated heterocycles. The van der Waals surface area contributed by atoms with Gasteiger partial charge >= 0.3 is 0 Å². The highest BCUT2D eigenvalue weighted by Gasteiger charge is 2.10. The van der Waals surface area contributed by atoms with Crippen LogP contribution in [0.3, 0.4) is 0 Å². The third kappa shape index (κ3) is 3.71. The Morgan fingerprint density at radius 3 is 2.50 bits per heavy atom. The number of anilines is 1. The van der Waals surface area contributed by atoms with Crippen molar-refractivity contribution < 1.29 is 14.0 Å². The lowest BCUT2D eigenvalue weighted by atomic mass is 10.1. The van der Waals surface area contributed by atoms with Gasteiger partial charge in [0.25, 0.3) is 5.91 Å². The minimum atomic E-state index is -0.411. The van der Waals surface area contributed by atoms with Gasteiger partial charge in [-0.05, 0) is 36.2 Å². The Labute approximate surface area is 117 Å². The Hall–Kier alpha value is -2.56. The van der Waals surface area contributed by atoms with Crippen LogP contribution in [-0.4, -0.2) is 18.4 Å². The zero-order chi connectivity index (χ0) is 14.4. The molecule has 0 saturated carbocycles. The Morgan fingerprint density at radius 1 is 1.15 bits per heavy atom. The van der Waals surface area contributed by atoms with E-state index in [0.717, 1.165) is 6.42 Å². The van der Waals surface area contributed by atoms with E-state index in [1.807, 2.05) is 24.3 Å². The van der Waals surface area contributed by atoms with Crippen LogP contribution in [0.1, 0.15) is 23.0 Å². The predicted octanol–water partition coefficient (Wildman–Crippen LogP) is 2.21. The normalized spacial score (nSPS) is 10.1. The minimum Gasteiger partial charge on any atom is -0.459 e. The summed E-state index contributed by atoms with van der Waals surface area (Å²) >= 11 is 0. The molecule has 1 aromatic heterocycles. The highest BCUT2D eigenvalue weighted by atomic mass is 16.3. The molecule has 104 valence electrons. The standard InChI is InChI=1S/C15H16N2O3/c1-2-11-5-7-12(8-6-11)17-14(18)10-16-15(19)13-4-3-9-20-13/h3-9H,2,10H2,1H3,(H,16,19)(H,17,18). The third-order valence-electron chi connectivity index (χ3n) is 2.80. The van der Waals surface area contributed by atoms with Crippen LogP contribution in [0.2, 0.25) is 0 Å². The summed E-state index contributed by atoms with van der Waals surface area (Å²) in [6, 6.07) is 10.7. The first-order valence-electron chi connectivity index (χ1n) is 6.39. The molecule has 5 heteroatoms. The van der Waals surface area contributed by atoms with E-state index in [2.05, 4.69) is 17.6 Å². The molecular weight excluding hydrogens is 256 g/mol. The van der Waals surface area contributed by atoms with E-state index in [9.17, 15) is 9.59 Å². The summed E-state index contributed by atoms with van der Waals surface area (Å²) in [5.74, 6) is -0.509. The van der Waals surface area contributed by atoms with Gasteiger partial charge in [-0.2, -0.15) is 0 Å². The van der Waals surface area contributed by atoms with Crippen molar-refractivity contribution in [3.8, 4) is 0 Å². The molecule has 1 aromatic carbocycles. The van der Waals surface area contributed by atoms with Gasteiger partial charge in [0.05, 0.1) is 12.8 Å². The van der Waals surface area contributed by atoms with Crippen LogP contribution in [0.15, 0.2) is 47.1 Å². The second-order valence-corrected chi connectivity index (χ2v) is 4.26. The van der Waals surface area contributed by atoms with Gasteiger partial charge in [0.2, 0.25) is 5.91 Å². The fourth-order valence-corrected chi connectivity index (χ4v) is 1.68. The number of hydrogen-bond acceptors (Lipinski definition) is 3. The Balaban J connectivity index is 1.81. The van der Waals surface area contributed by atoms with Gasteiger partial charge in [0.1, 0.15) is 0 Å². The zero-order valence-corrected chi connectivity index (χ0v) is 11.2. The molecule has 0 unspecified atom stereocenters. The fraction of sp³-hybridized carbons (Fsp3) is 0.200. The summed E-state index contributed by atoms with van der Waals surface area (Å²) in [4.78, 5) is 23.2. The first kappa shape index (κ1) is 13.9. The summed E-state index contributed by atoms with van der Waals surface area (Å²) in [6.45, 7) is 1.97. The van der Waals surface area contributed by atoms with Gasteiger partial charge in [-0.15, -0.1) is 0 Å². The van der Waals surface area contributed by atoms with Gasteiger partial charge in [-0.3, -0.25) is 9.59 Å². The minimum absolute atomic E-state index is 0.102. The Bertz CT molecular complexity index is 574. The molecular formula is C15H16N2O3. The molecule has 0 radical (unpaired) electrons. The maximum absolute atomic E-state index is 11.7. The molecule has 5 nitrogen and oxygen atoms in total. The van der Waals surface area contributed by atoms with E-state index in [1.54, 1.807) is 6.07 Å². The Morgan fingerprint density at radius 2 is 1.90 bits per heavy atom. The lowest BCUT2D eigenvalue weighted by Crippen LogP contribution is -2.32. The van der Waals surface area contributed by atoms with Crippen molar-refractivity contribution in [1.29, 1.82) is 0 Å². The van der Waals surface area contributed by atoms with Crippen LogP contribution in [0.4, 0.5) is 5.69 Å². The van der Waals surface area contributed by atoms with Crippen molar-refractivity contribution in [1.82, 2.24) is 5.32 Å². The maximum Gasteiger partial charge on any atom is 0.287 e. The van der Waals surface area contributed by atoms with Crippen LogP contribution < -0.4 is 10.6 Å². The van der Waals surface area contributed by atoms with E-state index in [-0.39, 0.29) is 18.2 Å². The highest BCUT2D eigenvalue weighted by molar-refractivity contribution is 5.97. The maximum atomic E-state index is 11.7. The molecule has 2 aromatic rings. The van der Waals surface area contributed by atoms with Crippen LogP contribution in [0.25, 0.3) is 0 Å². The van der Waals surface area contributed by atoms with Crippen LogP contribution in [0.5, 0.6) is 0 Å². The SMILES string of the molecule is CCc1ccc(NC(=O)CNC(=O)c2ccco2)cc1. The van der Waals surface area contributed by atoms with Gasteiger partial charge in [0, 0.05) is 5.69 Å². The fourth-order valence-electron chi connectivity index (χ4n) is 1.68. The second kappa shape index (κ2) is 6.56. The van der Waals surface area contributed by atoms with E-state index in [0.29, 0.717) is 5.69 Å². The van der Waals surface area contributed by atoms with E-state index in [4.69, 9.17) is 4.42 Å². The molecule has 2 N–H and O–H groups in total. The van der Waals surface area contributed by atoms with E-state index < -0.39 is 5.91 Å². The molecule has 0 aliphatic carbocycles. The summed E-state index contributed by atoms with van der Waals surface area (Å²) in [7, 11) is 0. The largest absolute Gasteiger partial charge is 0.459 e. The van der Waals surface area contributed by atoms with Gasteiger partial charge in [-0.25, -0.2) is 0 Å². The topological polar surface area (TPSA) is 71.3 Å². The first-order chi connectivity index (χ1) is 9.69. The molecule has 0 aliphatic heterocycles. The molecule has 0 atom stereocenters. The summed E-state index contributed by atoms with van der Waals surface area (Å²) < 4.78 is 4.93. The lowest BCUT2D eigenvalue weighted by molar-refractivity contribution is -0.115. The van der Waals surface area contributed by atoms with Crippen LogP contribution >= 0.6 is 0 Å². The molecule has 0 bridgehead atoms. The van der Waals surface area contributed by atoms with Crippen molar-refractivity contribution in [3.05, 3.63) is 54.0 Å². The predicted molar refractivity (Wildman–Crippen MR) is 75.5 cm³/mol. The number of carbonyl (C=O) groups excluding carboxylic acids is 2. The number of aryl methyl sites for hydroxylation is 1. The van der Waals surface area contributed by atoms with Crippen molar-refractivity contribution in [2.45, 2.75) is 13.3 Å². The van der Waals surface area contributed by atoms with Gasteiger partial charge in [-0.1, -0.05) is 19.1 Å². The number of carbonyl (C=O) groups is 2. The molecule has 20 heavy (non-hydrogen) atoms. The summed E-state index contributed by atoms with van der Waals surface area (Å²) in [5.41, 5.74) is 1.91. The van der Waals surface area contributed by atoms with Crippen LogP contribution in [0, 0.1) is 0 Å². The monoisotopic (exact) mass is 272 g/mol.